The van der Waals surface area contributed by atoms with Crippen LogP contribution < -0.4 is 10.1 Å². The lowest BCUT2D eigenvalue weighted by Gasteiger charge is -2.26. The van der Waals surface area contributed by atoms with Crippen molar-refractivity contribution in [3.05, 3.63) is 41.6 Å². The molecule has 1 aliphatic rings. The Morgan fingerprint density at radius 2 is 2.00 bits per heavy atom. The monoisotopic (exact) mass is 297 g/mol. The number of nitrogens with zero attached hydrogens (tertiary/aromatic N) is 2. The third-order valence-corrected chi connectivity index (χ3v) is 3.55. The first-order valence-electron chi connectivity index (χ1n) is 6.53. The van der Waals surface area contributed by atoms with Gasteiger partial charge in [0.2, 0.25) is 0 Å². The van der Waals surface area contributed by atoms with Crippen LogP contribution in [-0.2, 0) is 6.18 Å². The summed E-state index contributed by atoms with van der Waals surface area (Å²) in [6, 6.07) is 8.15. The number of aromatic nitrogens is 2. The van der Waals surface area contributed by atoms with Crippen LogP contribution in [0, 0.1) is 0 Å². The van der Waals surface area contributed by atoms with Crippen LogP contribution in [0.1, 0.15) is 23.7 Å². The zero-order valence-electron chi connectivity index (χ0n) is 11.3. The highest BCUT2D eigenvalue weighted by Crippen LogP contribution is 2.35. The molecular formula is C14H14F3N3O. The predicted molar refractivity (Wildman–Crippen MR) is 71.5 cm³/mol. The fourth-order valence-corrected chi connectivity index (χ4v) is 2.50. The third-order valence-electron chi connectivity index (χ3n) is 3.55. The van der Waals surface area contributed by atoms with Gasteiger partial charge in [0.05, 0.1) is 13.2 Å². The van der Waals surface area contributed by atoms with E-state index in [-0.39, 0.29) is 6.04 Å². The van der Waals surface area contributed by atoms with Crippen molar-refractivity contribution in [1.82, 2.24) is 9.78 Å². The van der Waals surface area contributed by atoms with Gasteiger partial charge in [-0.25, -0.2) is 4.68 Å². The summed E-state index contributed by atoms with van der Waals surface area (Å²) in [5.41, 5.74) is 0.0424. The van der Waals surface area contributed by atoms with E-state index in [1.165, 1.54) is 4.68 Å². The molecule has 1 aromatic heterocycles. The van der Waals surface area contributed by atoms with Crippen LogP contribution in [0.4, 0.5) is 19.0 Å². The number of hydrogen-bond acceptors (Lipinski definition) is 3. The van der Waals surface area contributed by atoms with Crippen LogP contribution in [0.25, 0.3) is 0 Å². The molecule has 1 unspecified atom stereocenters. The maximum Gasteiger partial charge on any atom is 0.435 e. The second-order valence-electron chi connectivity index (χ2n) is 4.86. The summed E-state index contributed by atoms with van der Waals surface area (Å²) in [6.45, 7) is 0.611. The van der Waals surface area contributed by atoms with E-state index in [1.807, 2.05) is 12.1 Å². The second-order valence-corrected chi connectivity index (χ2v) is 4.86. The van der Waals surface area contributed by atoms with Gasteiger partial charge in [0.25, 0.3) is 0 Å². The number of rotatable bonds is 2. The lowest BCUT2D eigenvalue weighted by molar-refractivity contribution is -0.141. The average Bonchev–Trinajstić information content (AvgIpc) is 2.91. The lowest BCUT2D eigenvalue weighted by atomic mass is 10.0. The van der Waals surface area contributed by atoms with Crippen LogP contribution in [-0.4, -0.2) is 23.4 Å². The Balaban J connectivity index is 1.97. The van der Waals surface area contributed by atoms with Gasteiger partial charge in [0, 0.05) is 12.6 Å². The van der Waals surface area contributed by atoms with E-state index >= 15 is 0 Å². The highest BCUT2D eigenvalue weighted by molar-refractivity contribution is 5.42. The summed E-state index contributed by atoms with van der Waals surface area (Å²) in [5.74, 6) is 1.11. The standard InChI is InChI=1S/C14H14F3N3O/c1-21-10-4-2-9(3-5-10)11-6-7-18-13-8-12(14(15,16)17)19-20(11)13/h2-5,8,11,18H,6-7H2,1H3. The van der Waals surface area contributed by atoms with Crippen molar-refractivity contribution in [2.45, 2.75) is 18.6 Å². The average molecular weight is 297 g/mol. The molecule has 7 heteroatoms. The minimum Gasteiger partial charge on any atom is -0.497 e. The van der Waals surface area contributed by atoms with Gasteiger partial charge in [-0.2, -0.15) is 18.3 Å². The van der Waals surface area contributed by atoms with Crippen molar-refractivity contribution in [2.24, 2.45) is 0 Å². The smallest absolute Gasteiger partial charge is 0.435 e. The van der Waals surface area contributed by atoms with Gasteiger partial charge in [-0.3, -0.25) is 0 Å². The minimum absolute atomic E-state index is 0.205. The quantitative estimate of drug-likeness (QED) is 0.924. The molecule has 1 N–H and O–H groups in total. The first kappa shape index (κ1) is 13.8. The number of benzene rings is 1. The number of alkyl halides is 3. The molecule has 1 aliphatic heterocycles. The molecule has 0 fully saturated rings. The molecule has 4 nitrogen and oxygen atoms in total. The number of hydrogen-bond donors (Lipinski definition) is 1. The number of halogens is 3. The van der Waals surface area contributed by atoms with E-state index in [1.54, 1.807) is 19.2 Å². The molecule has 2 aromatic rings. The predicted octanol–water partition coefficient (Wildman–Crippen LogP) is 3.32. The largest absolute Gasteiger partial charge is 0.497 e. The fraction of sp³-hybridized carbons (Fsp3) is 0.357. The van der Waals surface area contributed by atoms with E-state index in [0.717, 1.165) is 11.6 Å². The van der Waals surface area contributed by atoms with Crippen molar-refractivity contribution in [3.63, 3.8) is 0 Å². The molecule has 0 radical (unpaired) electrons. The van der Waals surface area contributed by atoms with Crippen LogP contribution >= 0.6 is 0 Å². The second kappa shape index (κ2) is 4.98. The third kappa shape index (κ3) is 2.55. The summed E-state index contributed by atoms with van der Waals surface area (Å²) in [6.07, 6.45) is -3.76. The topological polar surface area (TPSA) is 39.1 Å². The van der Waals surface area contributed by atoms with Gasteiger partial charge in [-0.05, 0) is 24.1 Å². The minimum atomic E-state index is -4.43. The van der Waals surface area contributed by atoms with Crippen molar-refractivity contribution in [3.8, 4) is 5.75 Å². The molecule has 2 heterocycles. The van der Waals surface area contributed by atoms with Crippen LogP contribution in [0.5, 0.6) is 5.75 Å². The Bertz CT molecular complexity index is 634. The molecule has 3 rings (SSSR count). The molecule has 0 amide bonds. The first-order valence-corrected chi connectivity index (χ1v) is 6.53. The molecule has 0 bridgehead atoms. The number of fused-ring (bicyclic) bond motifs is 1. The number of nitrogens with one attached hydrogen (secondary N) is 1. The molecule has 0 aliphatic carbocycles. The Hall–Kier alpha value is -2.18. The Labute approximate surface area is 119 Å². The van der Waals surface area contributed by atoms with Crippen LogP contribution in [0.2, 0.25) is 0 Å². The molecule has 1 aromatic carbocycles. The summed E-state index contributed by atoms with van der Waals surface area (Å²) in [7, 11) is 1.57. The zero-order chi connectivity index (χ0) is 15.0. The molecule has 0 spiro atoms. The molecule has 0 saturated carbocycles. The van der Waals surface area contributed by atoms with Gasteiger partial charge in [-0.15, -0.1) is 0 Å². The van der Waals surface area contributed by atoms with Crippen molar-refractivity contribution in [1.29, 1.82) is 0 Å². The first-order chi connectivity index (χ1) is 9.99. The lowest BCUT2D eigenvalue weighted by Crippen LogP contribution is -2.24. The van der Waals surface area contributed by atoms with Gasteiger partial charge in [-0.1, -0.05) is 12.1 Å². The number of methoxy groups -OCH3 is 1. The van der Waals surface area contributed by atoms with Crippen molar-refractivity contribution in [2.75, 3.05) is 19.0 Å². The summed E-state index contributed by atoms with van der Waals surface area (Å²) in [5, 5.41) is 6.67. The van der Waals surface area contributed by atoms with Crippen molar-refractivity contribution >= 4 is 5.82 Å². The Morgan fingerprint density at radius 1 is 1.29 bits per heavy atom. The summed E-state index contributed by atoms with van der Waals surface area (Å²) in [4.78, 5) is 0. The number of anilines is 1. The maximum absolute atomic E-state index is 12.8. The summed E-state index contributed by atoms with van der Waals surface area (Å²) < 4.78 is 44.8. The van der Waals surface area contributed by atoms with Crippen molar-refractivity contribution < 1.29 is 17.9 Å². The van der Waals surface area contributed by atoms with E-state index in [9.17, 15) is 13.2 Å². The SMILES string of the molecule is COc1ccc(C2CCNc3cc(C(F)(F)F)nn32)cc1. The van der Waals surface area contributed by atoms with E-state index < -0.39 is 11.9 Å². The zero-order valence-corrected chi connectivity index (χ0v) is 11.3. The maximum atomic E-state index is 12.8. The molecule has 21 heavy (non-hydrogen) atoms. The molecular weight excluding hydrogens is 283 g/mol. The van der Waals surface area contributed by atoms with Crippen LogP contribution in [0.3, 0.4) is 0 Å². The van der Waals surface area contributed by atoms with Gasteiger partial charge in [0.1, 0.15) is 11.6 Å². The molecule has 112 valence electrons. The Kier molecular flexibility index (Phi) is 3.27. The normalized spacial score (nSPS) is 18.0. The Morgan fingerprint density at radius 3 is 2.62 bits per heavy atom. The molecule has 0 saturated heterocycles. The highest BCUT2D eigenvalue weighted by atomic mass is 19.4. The summed E-state index contributed by atoms with van der Waals surface area (Å²) >= 11 is 0. The van der Waals surface area contributed by atoms with Gasteiger partial charge < -0.3 is 10.1 Å². The van der Waals surface area contributed by atoms with Gasteiger partial charge in [0.15, 0.2) is 5.69 Å². The van der Waals surface area contributed by atoms with E-state index in [4.69, 9.17) is 4.74 Å². The highest BCUT2D eigenvalue weighted by Gasteiger charge is 2.36. The number of ether oxygens (including phenoxy) is 1. The fourth-order valence-electron chi connectivity index (χ4n) is 2.50. The van der Waals surface area contributed by atoms with E-state index in [0.29, 0.717) is 24.5 Å². The van der Waals surface area contributed by atoms with Crippen LogP contribution in [0.15, 0.2) is 30.3 Å². The van der Waals surface area contributed by atoms with Gasteiger partial charge >= 0.3 is 6.18 Å². The molecule has 1 atom stereocenters. The van der Waals surface area contributed by atoms with E-state index in [2.05, 4.69) is 10.4 Å².